The van der Waals surface area contributed by atoms with Gasteiger partial charge in [0.25, 0.3) is 5.91 Å². The first-order valence-corrected chi connectivity index (χ1v) is 9.36. The minimum atomic E-state index is -0.388. The Bertz CT molecular complexity index is 1220. The summed E-state index contributed by atoms with van der Waals surface area (Å²) in [5.74, 6) is -0.388. The second-order valence-electron chi connectivity index (χ2n) is 6.66. The second kappa shape index (κ2) is 8.28. The zero-order valence-electron chi connectivity index (χ0n) is 15.7. The van der Waals surface area contributed by atoms with Gasteiger partial charge in [0, 0.05) is 23.0 Å². The van der Waals surface area contributed by atoms with Crippen LogP contribution < -0.4 is 5.32 Å². The molecule has 0 unspecified atom stereocenters. The molecule has 0 spiro atoms. The summed E-state index contributed by atoms with van der Waals surface area (Å²) in [4.78, 5) is 16.1. The van der Waals surface area contributed by atoms with E-state index in [2.05, 4.69) is 16.4 Å². The van der Waals surface area contributed by atoms with Crippen LogP contribution in [0.25, 0.3) is 28.2 Å². The van der Waals surface area contributed by atoms with Gasteiger partial charge in [0.15, 0.2) is 0 Å². The molecule has 0 aliphatic heterocycles. The number of fused-ring (bicyclic) bond motifs is 1. The number of benzene rings is 3. The zero-order chi connectivity index (χ0) is 20.1. The maximum Gasteiger partial charge on any atom is 0.262 e. The Labute approximate surface area is 169 Å². The summed E-state index contributed by atoms with van der Waals surface area (Å²) < 4.78 is 0. The molecular formula is C25H19N3O. The highest BCUT2D eigenvalue weighted by Gasteiger charge is 2.15. The van der Waals surface area contributed by atoms with Crippen LogP contribution in [0.5, 0.6) is 0 Å². The van der Waals surface area contributed by atoms with Crippen LogP contribution in [-0.4, -0.2) is 10.9 Å². The highest BCUT2D eigenvalue weighted by molar-refractivity contribution is 6.06. The lowest BCUT2D eigenvalue weighted by atomic mass is 10.0. The Morgan fingerprint density at radius 3 is 2.31 bits per heavy atom. The van der Waals surface area contributed by atoms with E-state index in [-0.39, 0.29) is 11.5 Å². The lowest BCUT2D eigenvalue weighted by molar-refractivity contribution is -0.117. The average Bonchev–Trinajstić information content (AvgIpc) is 3.15. The van der Waals surface area contributed by atoms with Crippen LogP contribution in [0.3, 0.4) is 0 Å². The number of nitrogens with zero attached hydrogens (tertiary/aromatic N) is 1. The Morgan fingerprint density at radius 1 is 0.931 bits per heavy atom. The Hall–Kier alpha value is -4.10. The molecule has 0 saturated heterocycles. The van der Waals surface area contributed by atoms with Crippen molar-refractivity contribution in [2.45, 2.75) is 6.54 Å². The standard InChI is InChI=1S/C25H19N3O/c26-16-20(25(29)27-17-18-9-3-1-4-10-18)15-22-21-13-7-8-14-23(21)28-24(22)19-11-5-2-6-12-19/h1-15,28H,17H2,(H,27,29)/b20-15-. The molecule has 0 aliphatic carbocycles. The molecule has 4 rings (SSSR count). The van der Waals surface area contributed by atoms with Crippen LogP contribution in [0.15, 0.2) is 90.5 Å². The van der Waals surface area contributed by atoms with Gasteiger partial charge in [0.05, 0.1) is 5.69 Å². The van der Waals surface area contributed by atoms with Crippen LogP contribution in [0, 0.1) is 11.3 Å². The topological polar surface area (TPSA) is 68.7 Å². The third-order valence-corrected chi connectivity index (χ3v) is 4.76. The van der Waals surface area contributed by atoms with Crippen molar-refractivity contribution < 1.29 is 4.79 Å². The lowest BCUT2D eigenvalue weighted by Gasteiger charge is -2.05. The van der Waals surface area contributed by atoms with Crippen LogP contribution in [0.2, 0.25) is 0 Å². The number of nitriles is 1. The molecule has 0 radical (unpaired) electrons. The molecule has 1 heterocycles. The summed E-state index contributed by atoms with van der Waals surface area (Å²) >= 11 is 0. The monoisotopic (exact) mass is 377 g/mol. The normalized spacial score (nSPS) is 11.2. The van der Waals surface area contributed by atoms with E-state index in [9.17, 15) is 10.1 Å². The second-order valence-corrected chi connectivity index (χ2v) is 6.66. The van der Waals surface area contributed by atoms with E-state index in [0.29, 0.717) is 6.54 Å². The van der Waals surface area contributed by atoms with E-state index >= 15 is 0 Å². The summed E-state index contributed by atoms with van der Waals surface area (Å²) in [6, 6.07) is 29.5. The maximum atomic E-state index is 12.6. The number of aromatic nitrogens is 1. The van der Waals surface area contributed by atoms with Gasteiger partial charge in [0.1, 0.15) is 11.6 Å². The summed E-state index contributed by atoms with van der Waals surface area (Å²) in [6.45, 7) is 0.373. The molecule has 1 amide bonds. The SMILES string of the molecule is N#C/C(=C/c1c(-c2ccccc2)[nH]c2ccccc12)C(=O)NCc1ccccc1. The molecule has 4 heteroatoms. The van der Waals surface area contributed by atoms with E-state index in [1.165, 1.54) is 0 Å². The van der Waals surface area contributed by atoms with Crippen LogP contribution >= 0.6 is 0 Å². The smallest absolute Gasteiger partial charge is 0.262 e. The Balaban J connectivity index is 1.71. The van der Waals surface area contributed by atoms with E-state index in [0.717, 1.165) is 33.3 Å². The van der Waals surface area contributed by atoms with Crippen molar-refractivity contribution in [1.29, 1.82) is 5.26 Å². The minimum Gasteiger partial charge on any atom is -0.354 e. The molecular weight excluding hydrogens is 358 g/mol. The van der Waals surface area contributed by atoms with E-state index in [1.54, 1.807) is 6.08 Å². The first-order chi connectivity index (χ1) is 14.3. The number of carbonyl (C=O) groups excluding carboxylic acids is 1. The van der Waals surface area contributed by atoms with Gasteiger partial charge in [-0.05, 0) is 23.3 Å². The third kappa shape index (κ3) is 3.95. The molecule has 1 aromatic heterocycles. The Kier molecular flexibility index (Phi) is 5.22. The van der Waals surface area contributed by atoms with Crippen molar-refractivity contribution in [3.8, 4) is 17.3 Å². The summed E-state index contributed by atoms with van der Waals surface area (Å²) in [7, 11) is 0. The third-order valence-electron chi connectivity index (χ3n) is 4.76. The molecule has 0 fully saturated rings. The molecule has 0 atom stereocenters. The minimum absolute atomic E-state index is 0.0721. The number of nitrogens with one attached hydrogen (secondary N) is 2. The maximum absolute atomic E-state index is 12.6. The number of hydrogen-bond acceptors (Lipinski definition) is 2. The summed E-state index contributed by atoms with van der Waals surface area (Å²) in [5, 5.41) is 13.4. The Morgan fingerprint density at radius 2 is 1.59 bits per heavy atom. The number of H-pyrrole nitrogens is 1. The fourth-order valence-electron chi connectivity index (χ4n) is 3.31. The van der Waals surface area contributed by atoms with Gasteiger partial charge in [0.2, 0.25) is 0 Å². The number of rotatable bonds is 5. The number of carbonyl (C=O) groups is 1. The van der Waals surface area contributed by atoms with E-state index in [1.807, 2.05) is 84.9 Å². The van der Waals surface area contributed by atoms with E-state index < -0.39 is 0 Å². The van der Waals surface area contributed by atoms with Crippen molar-refractivity contribution in [2.75, 3.05) is 0 Å². The molecule has 3 aromatic carbocycles. The van der Waals surface area contributed by atoms with Crippen molar-refractivity contribution in [2.24, 2.45) is 0 Å². The van der Waals surface area contributed by atoms with Gasteiger partial charge in [-0.15, -0.1) is 0 Å². The van der Waals surface area contributed by atoms with Crippen LogP contribution in [0.1, 0.15) is 11.1 Å². The first kappa shape index (κ1) is 18.3. The fraction of sp³-hybridized carbons (Fsp3) is 0.0400. The van der Waals surface area contributed by atoms with Crippen molar-refractivity contribution >= 4 is 22.9 Å². The highest BCUT2D eigenvalue weighted by Crippen LogP contribution is 2.32. The van der Waals surface area contributed by atoms with Gasteiger partial charge >= 0.3 is 0 Å². The number of para-hydroxylation sites is 1. The predicted octanol–water partition coefficient (Wildman–Crippen LogP) is 5.06. The van der Waals surface area contributed by atoms with Crippen LogP contribution in [-0.2, 0) is 11.3 Å². The van der Waals surface area contributed by atoms with Gasteiger partial charge < -0.3 is 10.3 Å². The average molecular weight is 377 g/mol. The summed E-state index contributed by atoms with van der Waals surface area (Å²) in [5.41, 5.74) is 4.73. The molecule has 0 saturated carbocycles. The molecule has 0 aliphatic rings. The molecule has 4 aromatic rings. The first-order valence-electron chi connectivity index (χ1n) is 9.36. The number of aromatic amines is 1. The number of hydrogen-bond donors (Lipinski definition) is 2. The van der Waals surface area contributed by atoms with Gasteiger partial charge in [-0.25, -0.2) is 0 Å². The van der Waals surface area contributed by atoms with Gasteiger partial charge in [-0.3, -0.25) is 4.79 Å². The quantitative estimate of drug-likeness (QED) is 0.377. The van der Waals surface area contributed by atoms with E-state index in [4.69, 9.17) is 0 Å². The highest BCUT2D eigenvalue weighted by atomic mass is 16.1. The predicted molar refractivity (Wildman–Crippen MR) is 116 cm³/mol. The molecule has 29 heavy (non-hydrogen) atoms. The zero-order valence-corrected chi connectivity index (χ0v) is 15.7. The fourth-order valence-corrected chi connectivity index (χ4v) is 3.31. The number of amides is 1. The molecule has 2 N–H and O–H groups in total. The molecule has 140 valence electrons. The molecule has 4 nitrogen and oxygen atoms in total. The van der Waals surface area contributed by atoms with Crippen molar-refractivity contribution in [3.05, 3.63) is 102 Å². The lowest BCUT2D eigenvalue weighted by Crippen LogP contribution is -2.23. The largest absolute Gasteiger partial charge is 0.354 e. The molecule has 0 bridgehead atoms. The van der Waals surface area contributed by atoms with Gasteiger partial charge in [-0.2, -0.15) is 5.26 Å². The van der Waals surface area contributed by atoms with Crippen molar-refractivity contribution in [3.63, 3.8) is 0 Å². The van der Waals surface area contributed by atoms with Crippen LogP contribution in [0.4, 0.5) is 0 Å². The van der Waals surface area contributed by atoms with Crippen molar-refractivity contribution in [1.82, 2.24) is 10.3 Å². The summed E-state index contributed by atoms with van der Waals surface area (Å²) in [6.07, 6.45) is 1.67. The van der Waals surface area contributed by atoms with Gasteiger partial charge in [-0.1, -0.05) is 78.9 Å².